The van der Waals surface area contributed by atoms with Gasteiger partial charge in [0.1, 0.15) is 5.78 Å². The molecule has 2 nitrogen and oxygen atoms in total. The first-order chi connectivity index (χ1) is 10.2. The fourth-order valence-electron chi connectivity index (χ4n) is 4.36. The zero-order valence-electron chi connectivity index (χ0n) is 12.4. The Bertz CT molecular complexity index is 527. The molecule has 0 N–H and O–H groups in total. The number of piperidine rings is 1. The molecular weight excluding hydrogens is 373 g/mol. The van der Waals surface area contributed by atoms with E-state index in [-0.39, 0.29) is 5.92 Å². The van der Waals surface area contributed by atoms with Crippen molar-refractivity contribution in [2.45, 2.75) is 44.2 Å². The summed E-state index contributed by atoms with van der Waals surface area (Å²) in [6.45, 7) is 2.77. The van der Waals surface area contributed by atoms with Crippen LogP contribution in [0.15, 0.2) is 40.5 Å². The van der Waals surface area contributed by atoms with Crippen molar-refractivity contribution in [2.75, 3.05) is 6.54 Å². The van der Waals surface area contributed by atoms with Crippen molar-refractivity contribution in [3.8, 4) is 0 Å². The number of rotatable bonds is 4. The van der Waals surface area contributed by atoms with Crippen molar-refractivity contribution in [3.63, 3.8) is 0 Å². The average Bonchev–Trinajstić information content (AvgIpc) is 2.76. The van der Waals surface area contributed by atoms with E-state index in [2.05, 4.69) is 68.0 Å². The summed E-state index contributed by atoms with van der Waals surface area (Å²) in [4.78, 5) is 14.9. The molecule has 2 aliphatic heterocycles. The second kappa shape index (κ2) is 6.61. The summed E-state index contributed by atoms with van der Waals surface area (Å²) in [6, 6.07) is 11.7. The Balaban J connectivity index is 1.90. The molecule has 0 amide bonds. The van der Waals surface area contributed by atoms with Crippen LogP contribution in [0.1, 0.15) is 37.7 Å². The molecule has 2 aliphatic rings. The maximum Gasteiger partial charge on any atom is 0.135 e. The zero-order chi connectivity index (χ0) is 14.8. The number of benzene rings is 1. The fraction of sp³-hybridized carbons (Fsp3) is 0.500. The lowest BCUT2D eigenvalue weighted by atomic mass is 9.74. The Morgan fingerprint density at radius 2 is 2.10 bits per heavy atom. The average molecular weight is 395 g/mol. The molecule has 0 radical (unpaired) electrons. The minimum Gasteiger partial charge on any atom is -0.300 e. The smallest absolute Gasteiger partial charge is 0.135 e. The molecule has 2 bridgehead atoms. The van der Waals surface area contributed by atoms with Crippen molar-refractivity contribution >= 4 is 28.4 Å². The summed E-state index contributed by atoms with van der Waals surface area (Å²) in [5.74, 6) is 0.924. The molecule has 2 heterocycles. The summed E-state index contributed by atoms with van der Waals surface area (Å²) < 4.78 is 2.09. The van der Waals surface area contributed by atoms with E-state index >= 15 is 0 Å². The molecular formula is C18H22INO. The molecule has 1 aromatic rings. The molecule has 0 aromatic heterocycles. The van der Waals surface area contributed by atoms with Gasteiger partial charge in [0.05, 0.1) is 0 Å². The molecule has 112 valence electrons. The molecule has 2 fully saturated rings. The number of halogens is 1. The number of hydrogen-bond donors (Lipinski definition) is 0. The molecule has 0 saturated carbocycles. The summed E-state index contributed by atoms with van der Waals surface area (Å²) in [6.07, 6.45) is 5.76. The normalized spacial score (nSPS) is 32.7. The Morgan fingerprint density at radius 3 is 2.76 bits per heavy atom. The van der Waals surface area contributed by atoms with E-state index in [9.17, 15) is 4.79 Å². The molecule has 3 heteroatoms. The van der Waals surface area contributed by atoms with Crippen molar-refractivity contribution in [1.29, 1.82) is 0 Å². The van der Waals surface area contributed by atoms with Gasteiger partial charge < -0.3 is 0 Å². The van der Waals surface area contributed by atoms with Crippen LogP contribution in [0.25, 0.3) is 0 Å². The van der Waals surface area contributed by atoms with Crippen molar-refractivity contribution in [3.05, 3.63) is 46.1 Å². The zero-order valence-corrected chi connectivity index (χ0v) is 14.6. The molecule has 0 spiro atoms. The van der Waals surface area contributed by atoms with Crippen LogP contribution in [0.3, 0.4) is 0 Å². The summed E-state index contributed by atoms with van der Waals surface area (Å²) >= 11 is 2.28. The highest BCUT2D eigenvalue weighted by Gasteiger charge is 2.48. The highest BCUT2D eigenvalue weighted by atomic mass is 127. The third-order valence-corrected chi connectivity index (χ3v) is 5.68. The highest BCUT2D eigenvalue weighted by Crippen LogP contribution is 2.47. The van der Waals surface area contributed by atoms with Crippen molar-refractivity contribution in [1.82, 2.24) is 4.90 Å². The number of nitrogens with zero attached hydrogens (tertiary/aromatic N) is 1. The van der Waals surface area contributed by atoms with E-state index in [1.165, 1.54) is 18.4 Å². The molecule has 21 heavy (non-hydrogen) atoms. The Kier molecular flexibility index (Phi) is 4.79. The topological polar surface area (TPSA) is 20.3 Å². The van der Waals surface area contributed by atoms with Crippen LogP contribution in [-0.4, -0.2) is 29.3 Å². The van der Waals surface area contributed by atoms with E-state index < -0.39 is 0 Å². The SMILES string of the molecule is CC(=O)[C@H]1C2CCC(C[C@H]1c1ccccc1)N2C/C=C/I. The first-order valence-electron chi connectivity index (χ1n) is 7.78. The summed E-state index contributed by atoms with van der Waals surface area (Å²) in [5.41, 5.74) is 1.35. The predicted octanol–water partition coefficient (Wildman–Crippen LogP) is 4.16. The van der Waals surface area contributed by atoms with Gasteiger partial charge in [0.15, 0.2) is 0 Å². The van der Waals surface area contributed by atoms with Crippen LogP contribution in [0.2, 0.25) is 0 Å². The largest absolute Gasteiger partial charge is 0.300 e. The van der Waals surface area contributed by atoms with Gasteiger partial charge in [-0.25, -0.2) is 0 Å². The number of fused-ring (bicyclic) bond motifs is 2. The van der Waals surface area contributed by atoms with Crippen molar-refractivity contribution < 1.29 is 4.79 Å². The third kappa shape index (κ3) is 2.95. The minimum atomic E-state index is 0.161. The lowest BCUT2D eigenvalue weighted by Crippen LogP contribution is -2.50. The maximum absolute atomic E-state index is 12.3. The van der Waals surface area contributed by atoms with Crippen LogP contribution in [0, 0.1) is 5.92 Å². The van der Waals surface area contributed by atoms with Gasteiger partial charge in [0.2, 0.25) is 0 Å². The predicted molar refractivity (Wildman–Crippen MR) is 94.6 cm³/mol. The number of ketones is 1. The minimum absolute atomic E-state index is 0.161. The number of carbonyl (C=O) groups is 1. The van der Waals surface area contributed by atoms with Gasteiger partial charge >= 0.3 is 0 Å². The van der Waals surface area contributed by atoms with Gasteiger partial charge in [-0.15, -0.1) is 0 Å². The van der Waals surface area contributed by atoms with Crippen molar-refractivity contribution in [2.24, 2.45) is 5.92 Å². The van der Waals surface area contributed by atoms with Gasteiger partial charge in [0.25, 0.3) is 0 Å². The molecule has 0 aliphatic carbocycles. The van der Waals surface area contributed by atoms with Crippen LogP contribution in [-0.2, 0) is 4.79 Å². The van der Waals surface area contributed by atoms with E-state index in [1.807, 2.05) is 0 Å². The molecule has 4 atom stereocenters. The number of hydrogen-bond acceptors (Lipinski definition) is 2. The Hall–Kier alpha value is -0.680. The molecule has 3 rings (SSSR count). The molecule has 2 unspecified atom stereocenters. The number of Topliss-reactive ketones (excluding diaryl/α,β-unsaturated/α-hetero) is 1. The lowest BCUT2D eigenvalue weighted by molar-refractivity contribution is -0.125. The van der Waals surface area contributed by atoms with Gasteiger partial charge in [-0.3, -0.25) is 9.69 Å². The second-order valence-corrected chi connectivity index (χ2v) is 6.97. The lowest BCUT2D eigenvalue weighted by Gasteiger charge is -2.43. The van der Waals surface area contributed by atoms with Gasteiger partial charge in [-0.05, 0) is 41.8 Å². The monoisotopic (exact) mass is 395 g/mol. The van der Waals surface area contributed by atoms with Gasteiger partial charge in [-0.2, -0.15) is 0 Å². The fourth-order valence-corrected chi connectivity index (χ4v) is 4.58. The van der Waals surface area contributed by atoms with Gasteiger partial charge in [0, 0.05) is 24.5 Å². The Morgan fingerprint density at radius 1 is 1.33 bits per heavy atom. The van der Waals surface area contributed by atoms with E-state index in [1.54, 1.807) is 6.92 Å². The third-order valence-electron chi connectivity index (χ3n) is 5.17. The Labute approximate surface area is 140 Å². The van der Waals surface area contributed by atoms with E-state index in [0.29, 0.717) is 23.8 Å². The van der Waals surface area contributed by atoms with Crippen LogP contribution < -0.4 is 0 Å². The first kappa shape index (κ1) is 15.2. The molecule has 1 aromatic carbocycles. The molecule has 2 saturated heterocycles. The number of carbonyl (C=O) groups excluding carboxylic acids is 1. The van der Waals surface area contributed by atoms with Crippen LogP contribution in [0.4, 0.5) is 0 Å². The summed E-state index contributed by atoms with van der Waals surface area (Å²) in [5, 5.41) is 0. The van der Waals surface area contributed by atoms with Gasteiger partial charge in [-0.1, -0.05) is 59.0 Å². The summed E-state index contributed by atoms with van der Waals surface area (Å²) in [7, 11) is 0. The van der Waals surface area contributed by atoms with E-state index in [0.717, 1.165) is 13.0 Å². The van der Waals surface area contributed by atoms with Crippen LogP contribution in [0.5, 0.6) is 0 Å². The standard InChI is InChI=1S/C18H22INO/c1-13(21)18-16(14-6-3-2-4-7-14)12-15-8-9-17(18)20(15)11-5-10-19/h2-7,10,15-18H,8-9,11-12H2,1H3/b10-5+/t15?,16-,17?,18+/m0/s1. The maximum atomic E-state index is 12.3. The highest BCUT2D eigenvalue weighted by molar-refractivity contribution is 14.1. The first-order valence-corrected chi connectivity index (χ1v) is 9.03. The second-order valence-electron chi connectivity index (χ2n) is 6.25. The van der Waals surface area contributed by atoms with E-state index in [4.69, 9.17) is 0 Å². The quantitative estimate of drug-likeness (QED) is 0.714. The van der Waals surface area contributed by atoms with Crippen LogP contribution >= 0.6 is 22.6 Å².